The van der Waals surface area contributed by atoms with Crippen LogP contribution in [-0.2, 0) is 0 Å². The zero-order valence-electron chi connectivity index (χ0n) is 12.8. The third kappa shape index (κ3) is 3.78. The molecule has 0 bridgehead atoms. The van der Waals surface area contributed by atoms with Crippen molar-refractivity contribution in [3.8, 4) is 0 Å². The molecular formula is C15H20N4OS. The number of benzene rings is 1. The second-order valence-corrected chi connectivity index (χ2v) is 6.03. The Labute approximate surface area is 129 Å². The Bertz CT molecular complexity index is 618. The topological polar surface area (TPSA) is 58.1 Å². The molecule has 1 amide bonds. The molecule has 21 heavy (non-hydrogen) atoms. The fourth-order valence-corrected chi connectivity index (χ4v) is 2.76. The van der Waals surface area contributed by atoms with Crippen LogP contribution < -0.4 is 10.2 Å². The van der Waals surface area contributed by atoms with Crippen molar-refractivity contribution in [2.45, 2.75) is 27.2 Å². The molecule has 0 unspecified atom stereocenters. The van der Waals surface area contributed by atoms with E-state index in [0.717, 1.165) is 29.8 Å². The molecule has 0 atom stereocenters. The molecule has 1 heterocycles. The summed E-state index contributed by atoms with van der Waals surface area (Å²) in [6.07, 6.45) is 1.01. The molecule has 0 radical (unpaired) electrons. The van der Waals surface area contributed by atoms with Crippen LogP contribution in [0.15, 0.2) is 18.2 Å². The third-order valence-electron chi connectivity index (χ3n) is 3.03. The molecule has 0 saturated carbocycles. The van der Waals surface area contributed by atoms with Gasteiger partial charge in [0.2, 0.25) is 10.1 Å². The van der Waals surface area contributed by atoms with E-state index >= 15 is 0 Å². The molecule has 0 saturated heterocycles. The van der Waals surface area contributed by atoms with Crippen LogP contribution in [-0.4, -0.2) is 29.7 Å². The monoisotopic (exact) mass is 304 g/mol. The Balaban J connectivity index is 2.16. The molecule has 1 N–H and O–H groups in total. The van der Waals surface area contributed by atoms with Crippen LogP contribution in [0.5, 0.6) is 0 Å². The van der Waals surface area contributed by atoms with Crippen LogP contribution >= 0.6 is 11.3 Å². The first-order valence-electron chi connectivity index (χ1n) is 6.95. The van der Waals surface area contributed by atoms with E-state index in [2.05, 4.69) is 28.5 Å². The Morgan fingerprint density at radius 2 is 1.90 bits per heavy atom. The van der Waals surface area contributed by atoms with Gasteiger partial charge in [-0.25, -0.2) is 0 Å². The quantitative estimate of drug-likeness (QED) is 0.921. The molecular weight excluding hydrogens is 284 g/mol. The summed E-state index contributed by atoms with van der Waals surface area (Å²) in [7, 11) is 1.76. The maximum Gasteiger partial charge on any atom is 0.289 e. The minimum absolute atomic E-state index is 0.137. The lowest BCUT2D eigenvalue weighted by molar-refractivity contribution is 0.0992. The smallest absolute Gasteiger partial charge is 0.289 e. The van der Waals surface area contributed by atoms with Gasteiger partial charge in [0, 0.05) is 19.3 Å². The molecule has 0 aliphatic heterocycles. The SMILES string of the molecule is CCCNc1nnc(C(=O)N(C)c2cc(C)cc(C)c2)s1. The van der Waals surface area contributed by atoms with Gasteiger partial charge in [-0.3, -0.25) is 4.79 Å². The largest absolute Gasteiger partial charge is 0.360 e. The van der Waals surface area contributed by atoms with E-state index in [1.165, 1.54) is 11.3 Å². The third-order valence-corrected chi connectivity index (χ3v) is 3.90. The maximum absolute atomic E-state index is 12.5. The average Bonchev–Trinajstić information content (AvgIpc) is 2.91. The summed E-state index contributed by atoms with van der Waals surface area (Å²) in [6, 6.07) is 6.06. The van der Waals surface area contributed by atoms with Gasteiger partial charge < -0.3 is 10.2 Å². The molecule has 2 aromatic rings. The van der Waals surface area contributed by atoms with Crippen molar-refractivity contribution >= 4 is 28.1 Å². The van der Waals surface area contributed by atoms with Crippen molar-refractivity contribution < 1.29 is 4.79 Å². The van der Waals surface area contributed by atoms with Crippen molar-refractivity contribution in [1.82, 2.24) is 10.2 Å². The fraction of sp³-hybridized carbons (Fsp3) is 0.400. The normalized spacial score (nSPS) is 10.5. The number of carbonyl (C=O) groups excluding carboxylic acids is 1. The highest BCUT2D eigenvalue weighted by Crippen LogP contribution is 2.22. The standard InChI is InChI=1S/C15H20N4OS/c1-5-6-16-15-18-17-13(21-15)14(20)19(4)12-8-10(2)7-11(3)9-12/h7-9H,5-6H2,1-4H3,(H,16,18). The molecule has 0 aliphatic carbocycles. The molecule has 112 valence electrons. The number of aromatic nitrogens is 2. The highest BCUT2D eigenvalue weighted by atomic mass is 32.1. The summed E-state index contributed by atoms with van der Waals surface area (Å²) >= 11 is 1.29. The molecule has 5 nitrogen and oxygen atoms in total. The lowest BCUT2D eigenvalue weighted by atomic mass is 10.1. The van der Waals surface area contributed by atoms with Gasteiger partial charge in [0.15, 0.2) is 0 Å². The second-order valence-electron chi connectivity index (χ2n) is 5.05. The first-order valence-corrected chi connectivity index (χ1v) is 7.76. The van der Waals surface area contributed by atoms with E-state index in [-0.39, 0.29) is 5.91 Å². The van der Waals surface area contributed by atoms with Crippen molar-refractivity contribution in [2.24, 2.45) is 0 Å². The number of amides is 1. The summed E-state index contributed by atoms with van der Waals surface area (Å²) < 4.78 is 0. The van der Waals surface area contributed by atoms with Gasteiger partial charge in [-0.2, -0.15) is 0 Å². The minimum atomic E-state index is -0.137. The van der Waals surface area contributed by atoms with Crippen LogP contribution in [0, 0.1) is 13.8 Å². The number of nitrogens with zero attached hydrogens (tertiary/aromatic N) is 3. The fourth-order valence-electron chi connectivity index (χ4n) is 2.02. The Hall–Kier alpha value is -1.95. The van der Waals surface area contributed by atoms with E-state index in [0.29, 0.717) is 10.1 Å². The number of aryl methyl sites for hydroxylation is 2. The van der Waals surface area contributed by atoms with E-state index in [4.69, 9.17) is 0 Å². The predicted molar refractivity (Wildman–Crippen MR) is 87.3 cm³/mol. The van der Waals surface area contributed by atoms with Gasteiger partial charge >= 0.3 is 0 Å². The Morgan fingerprint density at radius 3 is 2.52 bits per heavy atom. The van der Waals surface area contributed by atoms with Crippen LogP contribution in [0.4, 0.5) is 10.8 Å². The summed E-state index contributed by atoms with van der Waals surface area (Å²) in [6.45, 7) is 6.95. The number of nitrogens with one attached hydrogen (secondary N) is 1. The molecule has 2 rings (SSSR count). The molecule has 1 aromatic carbocycles. The van der Waals surface area contributed by atoms with Gasteiger partial charge in [0.1, 0.15) is 0 Å². The van der Waals surface area contributed by atoms with Crippen LogP contribution in [0.1, 0.15) is 34.3 Å². The molecule has 1 aromatic heterocycles. The number of hydrogen-bond donors (Lipinski definition) is 1. The van der Waals surface area contributed by atoms with Crippen LogP contribution in [0.3, 0.4) is 0 Å². The Kier molecular flexibility index (Phi) is 4.90. The lowest BCUT2D eigenvalue weighted by Crippen LogP contribution is -2.26. The Morgan fingerprint density at radius 1 is 1.24 bits per heavy atom. The van der Waals surface area contributed by atoms with Gasteiger partial charge in [-0.1, -0.05) is 24.3 Å². The van der Waals surface area contributed by atoms with Crippen molar-refractivity contribution in [1.29, 1.82) is 0 Å². The van der Waals surface area contributed by atoms with Gasteiger partial charge in [-0.05, 0) is 43.5 Å². The van der Waals surface area contributed by atoms with Crippen molar-refractivity contribution in [3.05, 3.63) is 34.3 Å². The first-order chi connectivity index (χ1) is 10.0. The van der Waals surface area contributed by atoms with Crippen LogP contribution in [0.25, 0.3) is 0 Å². The van der Waals surface area contributed by atoms with Crippen molar-refractivity contribution in [2.75, 3.05) is 23.8 Å². The highest BCUT2D eigenvalue weighted by Gasteiger charge is 2.18. The zero-order chi connectivity index (χ0) is 15.4. The summed E-state index contributed by atoms with van der Waals surface area (Å²) in [5.74, 6) is -0.137. The van der Waals surface area contributed by atoms with E-state index in [1.54, 1.807) is 11.9 Å². The molecule has 6 heteroatoms. The van der Waals surface area contributed by atoms with Gasteiger partial charge in [0.05, 0.1) is 0 Å². The van der Waals surface area contributed by atoms with Gasteiger partial charge in [-0.15, -0.1) is 10.2 Å². The first kappa shape index (κ1) is 15.4. The van der Waals surface area contributed by atoms with E-state index in [9.17, 15) is 4.79 Å². The number of carbonyl (C=O) groups is 1. The summed E-state index contributed by atoms with van der Waals surface area (Å²) in [4.78, 5) is 14.1. The number of hydrogen-bond acceptors (Lipinski definition) is 5. The second kappa shape index (κ2) is 6.67. The zero-order valence-corrected chi connectivity index (χ0v) is 13.6. The maximum atomic E-state index is 12.5. The summed E-state index contributed by atoms with van der Waals surface area (Å²) in [5, 5.41) is 12.2. The lowest BCUT2D eigenvalue weighted by Gasteiger charge is -2.17. The number of rotatable bonds is 5. The molecule has 0 aliphatic rings. The van der Waals surface area contributed by atoms with Crippen molar-refractivity contribution in [3.63, 3.8) is 0 Å². The summed E-state index contributed by atoms with van der Waals surface area (Å²) in [5.41, 5.74) is 3.13. The van der Waals surface area contributed by atoms with E-state index < -0.39 is 0 Å². The highest BCUT2D eigenvalue weighted by molar-refractivity contribution is 7.17. The predicted octanol–water partition coefficient (Wildman–Crippen LogP) is 3.25. The van der Waals surface area contributed by atoms with E-state index in [1.807, 2.05) is 26.0 Å². The van der Waals surface area contributed by atoms with Crippen LogP contribution in [0.2, 0.25) is 0 Å². The molecule has 0 fully saturated rings. The molecule has 0 spiro atoms. The average molecular weight is 304 g/mol. The minimum Gasteiger partial charge on any atom is -0.360 e. The number of anilines is 2. The van der Waals surface area contributed by atoms with Gasteiger partial charge in [0.25, 0.3) is 5.91 Å².